The summed E-state index contributed by atoms with van der Waals surface area (Å²) in [5.74, 6) is -6.04. The minimum atomic E-state index is -1.25. The number of thiazole rings is 3. The molecule has 0 saturated heterocycles. The van der Waals surface area contributed by atoms with Crippen LogP contribution in [0, 0.1) is 20.8 Å². The molecule has 0 radical (unpaired) electrons. The van der Waals surface area contributed by atoms with Crippen LogP contribution >= 0.6 is 34.0 Å². The van der Waals surface area contributed by atoms with Crippen LogP contribution in [0.3, 0.4) is 0 Å². The zero-order chi connectivity index (χ0) is 30.9. The smallest absolute Gasteiger partial charge is 0.305 e. The van der Waals surface area contributed by atoms with E-state index in [9.17, 15) is 44.1 Å². The Kier molecular flexibility index (Phi) is 8.97. The number of nitrogens with one attached hydrogen (secondary N) is 3. The number of amides is 3. The number of aromatic nitrogens is 3. The topological polar surface area (TPSA) is 238 Å². The molecule has 6 bridgehead atoms. The lowest BCUT2D eigenvalue weighted by atomic mass is 10.2. The molecule has 3 aromatic heterocycles. The number of carbonyl (C=O) groups is 6. The van der Waals surface area contributed by atoms with Gasteiger partial charge < -0.3 is 31.3 Å². The summed E-state index contributed by atoms with van der Waals surface area (Å²) in [4.78, 5) is 88.7. The molecule has 18 heteroatoms. The van der Waals surface area contributed by atoms with Crippen molar-refractivity contribution < 1.29 is 44.1 Å². The highest BCUT2D eigenvalue weighted by Crippen LogP contribution is 2.31. The number of fused-ring (bicyclic) bond motifs is 6. The van der Waals surface area contributed by atoms with Gasteiger partial charge in [-0.3, -0.25) is 28.8 Å². The fraction of sp³-hybridized carbons (Fsp3) is 0.375. The van der Waals surface area contributed by atoms with Crippen LogP contribution in [-0.2, 0) is 14.4 Å². The minimum absolute atomic E-state index is 0.0916. The second-order valence-corrected chi connectivity index (χ2v) is 12.9. The molecule has 0 aromatic carbocycles. The summed E-state index contributed by atoms with van der Waals surface area (Å²) in [7, 11) is 0. The number of nitrogens with zero attached hydrogens (tertiary/aromatic N) is 3. The zero-order valence-electron chi connectivity index (χ0n) is 22.2. The van der Waals surface area contributed by atoms with E-state index in [1.807, 2.05) is 0 Å². The molecule has 3 aromatic rings. The van der Waals surface area contributed by atoms with Gasteiger partial charge in [0.2, 0.25) is 0 Å². The summed E-state index contributed by atoms with van der Waals surface area (Å²) in [6.07, 6.45) is -1.72. The number of carbonyl (C=O) groups excluding carboxylic acids is 3. The molecular formula is C24H24N6O9S3. The van der Waals surface area contributed by atoms with Gasteiger partial charge in [-0.15, -0.1) is 34.0 Å². The first-order chi connectivity index (χ1) is 19.7. The third kappa shape index (κ3) is 6.77. The Morgan fingerprint density at radius 2 is 0.810 bits per heavy atom. The predicted molar refractivity (Wildman–Crippen MR) is 148 cm³/mol. The standard InChI is InChI=1S/C24H24N6O9S3/c1-7-16-19(37)25-11(5-14(33)34)23-29-18(9(3)41-23)21(39)27-12(6-15(35)36)24-30-17(8(2)42-24)20(38)26-10(4-13(31)32)22(28-16)40-7/h10-12H,4-6H2,1-3H3,(H,25,37)(H,26,38)(H,27,39)(H,31,32)(H,33,34)(H,35,36)/t10-,11-,12-/m0/s1. The van der Waals surface area contributed by atoms with Gasteiger partial charge in [-0.05, 0) is 20.8 Å². The molecule has 0 fully saturated rings. The van der Waals surface area contributed by atoms with Gasteiger partial charge in [0, 0.05) is 14.6 Å². The van der Waals surface area contributed by atoms with Gasteiger partial charge in [-0.2, -0.15) is 0 Å². The zero-order valence-corrected chi connectivity index (χ0v) is 24.7. The van der Waals surface area contributed by atoms with E-state index in [1.54, 1.807) is 20.8 Å². The summed E-state index contributed by atoms with van der Waals surface area (Å²) >= 11 is 2.96. The molecule has 1 aliphatic rings. The Balaban J connectivity index is 1.87. The Morgan fingerprint density at radius 3 is 1.02 bits per heavy atom. The normalized spacial score (nSPS) is 19.2. The van der Waals surface area contributed by atoms with Crippen LogP contribution in [0.2, 0.25) is 0 Å². The van der Waals surface area contributed by atoms with E-state index in [1.165, 1.54) is 0 Å². The van der Waals surface area contributed by atoms with Gasteiger partial charge in [0.15, 0.2) is 0 Å². The van der Waals surface area contributed by atoms with E-state index in [2.05, 4.69) is 30.9 Å². The quantitative estimate of drug-likeness (QED) is 0.228. The number of hydrogen-bond acceptors (Lipinski definition) is 12. The number of aliphatic carboxylic acids is 3. The summed E-state index contributed by atoms with van der Waals surface area (Å²) < 4.78 is 0. The number of hydrogen-bond donors (Lipinski definition) is 6. The Morgan fingerprint density at radius 1 is 0.571 bits per heavy atom. The molecule has 3 amide bonds. The average molecular weight is 637 g/mol. The van der Waals surface area contributed by atoms with Crippen molar-refractivity contribution in [3.8, 4) is 0 Å². The van der Waals surface area contributed by atoms with Crippen LogP contribution in [0.15, 0.2) is 0 Å². The van der Waals surface area contributed by atoms with Crippen molar-refractivity contribution in [2.75, 3.05) is 0 Å². The number of rotatable bonds is 6. The van der Waals surface area contributed by atoms with E-state index in [0.717, 1.165) is 34.0 Å². The maximum absolute atomic E-state index is 13.2. The van der Waals surface area contributed by atoms with E-state index in [0.29, 0.717) is 14.6 Å². The number of carboxylic acids is 3. The summed E-state index contributed by atoms with van der Waals surface area (Å²) in [6.45, 7) is 4.71. The molecule has 4 heterocycles. The molecule has 0 unspecified atom stereocenters. The first-order valence-electron chi connectivity index (χ1n) is 12.2. The number of aryl methyl sites for hydroxylation is 3. The molecule has 3 atom stereocenters. The van der Waals surface area contributed by atoms with Crippen molar-refractivity contribution in [2.24, 2.45) is 0 Å². The molecule has 0 aliphatic carbocycles. The molecule has 0 saturated carbocycles. The van der Waals surface area contributed by atoms with Crippen LogP contribution < -0.4 is 16.0 Å². The first-order valence-corrected chi connectivity index (χ1v) is 14.7. The third-order valence-corrected chi connectivity index (χ3v) is 9.28. The maximum Gasteiger partial charge on any atom is 0.305 e. The lowest BCUT2D eigenvalue weighted by Crippen LogP contribution is -2.33. The first kappa shape index (κ1) is 30.7. The van der Waals surface area contributed by atoms with Gasteiger partial charge in [0.05, 0.1) is 37.4 Å². The SMILES string of the molecule is Cc1sc2nc1C(=O)N[C@@H](CC(=O)O)c1nc(c(C)s1)C(=O)N[C@@H](CC(=O)O)c1nc(c(C)s1)C(=O)N[C@H]2CC(=O)O. The monoisotopic (exact) mass is 636 g/mol. The largest absolute Gasteiger partial charge is 0.481 e. The second-order valence-electron chi connectivity index (χ2n) is 9.24. The lowest BCUT2D eigenvalue weighted by Gasteiger charge is -2.16. The van der Waals surface area contributed by atoms with Crippen LogP contribution in [0.1, 0.15) is 98.5 Å². The molecule has 0 spiro atoms. The van der Waals surface area contributed by atoms with E-state index < -0.39 is 73.0 Å². The summed E-state index contributed by atoms with van der Waals surface area (Å²) in [5, 5.41) is 36.6. The minimum Gasteiger partial charge on any atom is -0.481 e. The second kappa shape index (κ2) is 12.3. The van der Waals surface area contributed by atoms with Crippen molar-refractivity contribution in [3.05, 3.63) is 46.7 Å². The van der Waals surface area contributed by atoms with Gasteiger partial charge in [0.25, 0.3) is 17.7 Å². The Labute approximate surface area is 249 Å². The molecule has 222 valence electrons. The molecule has 42 heavy (non-hydrogen) atoms. The van der Waals surface area contributed by atoms with Crippen molar-refractivity contribution in [1.29, 1.82) is 0 Å². The van der Waals surface area contributed by atoms with Crippen molar-refractivity contribution in [3.63, 3.8) is 0 Å². The highest BCUT2D eigenvalue weighted by Gasteiger charge is 2.32. The fourth-order valence-electron chi connectivity index (χ4n) is 4.13. The predicted octanol–water partition coefficient (Wildman–Crippen LogP) is 2.13. The number of carboxylic acid groups (broad SMARTS) is 3. The molecule has 6 N–H and O–H groups in total. The van der Waals surface area contributed by atoms with Gasteiger partial charge in [-0.1, -0.05) is 0 Å². The Hall–Kier alpha value is -4.29. The van der Waals surface area contributed by atoms with Crippen LogP contribution in [0.4, 0.5) is 0 Å². The summed E-state index contributed by atoms with van der Waals surface area (Å²) in [5.41, 5.74) is -0.275. The van der Waals surface area contributed by atoms with Crippen LogP contribution in [0.25, 0.3) is 0 Å². The highest BCUT2D eigenvalue weighted by atomic mass is 32.1. The van der Waals surface area contributed by atoms with Crippen molar-refractivity contribution in [1.82, 2.24) is 30.9 Å². The van der Waals surface area contributed by atoms with Crippen molar-refractivity contribution >= 4 is 69.6 Å². The van der Waals surface area contributed by atoms with Crippen molar-refractivity contribution in [2.45, 2.75) is 58.2 Å². The Bertz CT molecular complexity index is 1420. The fourth-order valence-corrected chi connectivity index (χ4v) is 7.04. The molecule has 4 rings (SSSR count). The van der Waals surface area contributed by atoms with E-state index >= 15 is 0 Å². The molecular weight excluding hydrogens is 612 g/mol. The summed E-state index contributed by atoms with van der Waals surface area (Å²) in [6, 6.07) is -3.47. The maximum atomic E-state index is 13.2. The van der Waals surface area contributed by atoms with Crippen LogP contribution in [-0.4, -0.2) is 65.9 Å². The van der Waals surface area contributed by atoms with E-state index in [4.69, 9.17) is 0 Å². The highest BCUT2D eigenvalue weighted by molar-refractivity contribution is 7.12. The van der Waals surface area contributed by atoms with Gasteiger partial charge in [0.1, 0.15) is 32.1 Å². The van der Waals surface area contributed by atoms with Gasteiger partial charge in [-0.25, -0.2) is 15.0 Å². The van der Waals surface area contributed by atoms with Crippen LogP contribution in [0.5, 0.6) is 0 Å². The molecule has 1 aliphatic heterocycles. The molecule has 15 nitrogen and oxygen atoms in total. The lowest BCUT2D eigenvalue weighted by molar-refractivity contribution is -0.138. The average Bonchev–Trinajstić information content (AvgIpc) is 3.57. The van der Waals surface area contributed by atoms with Gasteiger partial charge >= 0.3 is 17.9 Å². The van der Waals surface area contributed by atoms with E-state index in [-0.39, 0.29) is 32.1 Å². The third-order valence-electron chi connectivity index (χ3n) is 6.03.